The average Bonchev–Trinajstić information content (AvgIpc) is 3.60. The van der Waals surface area contributed by atoms with Crippen LogP contribution in [0.4, 0.5) is 5.13 Å². The molecule has 3 aromatic rings. The summed E-state index contributed by atoms with van der Waals surface area (Å²) in [6.45, 7) is 5.10. The van der Waals surface area contributed by atoms with Crippen molar-refractivity contribution in [3.63, 3.8) is 0 Å². The Morgan fingerprint density at radius 2 is 1.87 bits per heavy atom. The van der Waals surface area contributed by atoms with Crippen LogP contribution in [-0.2, 0) is 19.6 Å². The summed E-state index contributed by atoms with van der Waals surface area (Å²) in [5.41, 5.74) is 0.631. The van der Waals surface area contributed by atoms with Crippen LogP contribution in [-0.4, -0.2) is 88.1 Å². The van der Waals surface area contributed by atoms with Crippen molar-refractivity contribution in [2.75, 3.05) is 64.5 Å². The molecule has 4 heterocycles. The van der Waals surface area contributed by atoms with Crippen LogP contribution in [0.3, 0.4) is 0 Å². The molecule has 2 fully saturated rings. The van der Waals surface area contributed by atoms with E-state index in [1.54, 1.807) is 30.2 Å². The summed E-state index contributed by atoms with van der Waals surface area (Å²) in [6.07, 6.45) is 1.65. The number of aromatic nitrogens is 1. The lowest BCUT2D eigenvalue weighted by Gasteiger charge is -2.33. The molecule has 2 aliphatic heterocycles. The van der Waals surface area contributed by atoms with Gasteiger partial charge in [-0.25, -0.2) is 13.4 Å². The molecule has 2 aliphatic rings. The van der Waals surface area contributed by atoms with Gasteiger partial charge in [-0.2, -0.15) is 4.31 Å². The van der Waals surface area contributed by atoms with Gasteiger partial charge in [-0.15, -0.1) is 11.3 Å². The highest BCUT2D eigenvalue weighted by Crippen LogP contribution is 2.40. The van der Waals surface area contributed by atoms with Gasteiger partial charge in [0.15, 0.2) is 5.13 Å². The first kappa shape index (κ1) is 29.0. The Morgan fingerprint density at radius 3 is 2.54 bits per heavy atom. The number of nitrogens with zero attached hydrogens (tertiary/aromatic N) is 4. The molecule has 0 atom stereocenters. The van der Waals surface area contributed by atoms with E-state index in [2.05, 4.69) is 4.90 Å². The number of benzene rings is 1. The van der Waals surface area contributed by atoms with Crippen LogP contribution in [0.25, 0.3) is 10.2 Å². The maximum Gasteiger partial charge on any atom is 0.252 e. The number of hydrogen-bond donors (Lipinski definition) is 0. The average molecular weight is 634 g/mol. The van der Waals surface area contributed by atoms with E-state index in [4.69, 9.17) is 37.7 Å². The number of rotatable bonds is 9. The van der Waals surface area contributed by atoms with Gasteiger partial charge in [0.1, 0.15) is 15.5 Å². The normalized spacial score (nSPS) is 18.0. The molecule has 212 valence electrons. The lowest BCUT2D eigenvalue weighted by atomic mass is 9.96. The van der Waals surface area contributed by atoms with Gasteiger partial charge in [0, 0.05) is 45.2 Å². The van der Waals surface area contributed by atoms with Gasteiger partial charge >= 0.3 is 0 Å². The van der Waals surface area contributed by atoms with Crippen molar-refractivity contribution in [3.05, 3.63) is 33.6 Å². The standard InChI is InChI=1S/C25H30Cl2N4O5S3/c1-35-19-4-3-18(26)23-22(19)28-25(38-23)31(10-2-9-29-13-15-36-16-14-29)24(32)17-7-11-30(12-8-17)39(33,34)21-6-5-20(27)37-21/h3-6,17H,2,7-16H2,1H3. The first-order chi connectivity index (χ1) is 18.8. The number of thiazole rings is 1. The monoisotopic (exact) mass is 632 g/mol. The summed E-state index contributed by atoms with van der Waals surface area (Å²) in [6, 6.07) is 6.66. The minimum absolute atomic E-state index is 0.0395. The molecular formula is C25H30Cl2N4O5S3. The van der Waals surface area contributed by atoms with Crippen molar-refractivity contribution in [2.24, 2.45) is 5.92 Å². The molecule has 14 heteroatoms. The Bertz CT molecular complexity index is 1420. The first-order valence-electron chi connectivity index (χ1n) is 12.8. The van der Waals surface area contributed by atoms with E-state index in [0.717, 1.165) is 55.3 Å². The minimum atomic E-state index is -3.63. The Morgan fingerprint density at radius 1 is 1.13 bits per heavy atom. The third-order valence-corrected chi connectivity index (χ3v) is 12.2. The number of ether oxygens (including phenoxy) is 2. The molecule has 0 unspecified atom stereocenters. The number of carbonyl (C=O) groups excluding carboxylic acids is 1. The largest absolute Gasteiger partial charge is 0.494 e. The van der Waals surface area contributed by atoms with Crippen LogP contribution < -0.4 is 9.64 Å². The number of methoxy groups -OCH3 is 1. The van der Waals surface area contributed by atoms with Gasteiger partial charge in [0.05, 0.1) is 34.4 Å². The zero-order valence-corrected chi connectivity index (χ0v) is 25.4. The van der Waals surface area contributed by atoms with Crippen LogP contribution in [0.15, 0.2) is 28.5 Å². The van der Waals surface area contributed by atoms with Gasteiger partial charge in [-0.1, -0.05) is 34.5 Å². The summed E-state index contributed by atoms with van der Waals surface area (Å²) in [5, 5.41) is 1.13. The quantitative estimate of drug-likeness (QED) is 0.334. The smallest absolute Gasteiger partial charge is 0.252 e. The van der Waals surface area contributed by atoms with Gasteiger partial charge in [-0.05, 0) is 43.5 Å². The van der Waals surface area contributed by atoms with Crippen molar-refractivity contribution in [2.45, 2.75) is 23.5 Å². The molecule has 0 saturated carbocycles. The molecule has 0 bridgehead atoms. The highest BCUT2D eigenvalue weighted by Gasteiger charge is 2.35. The predicted molar refractivity (Wildman–Crippen MR) is 156 cm³/mol. The molecule has 5 rings (SSSR count). The van der Waals surface area contributed by atoms with Crippen molar-refractivity contribution in [1.82, 2.24) is 14.2 Å². The number of fused-ring (bicyclic) bond motifs is 1. The fraction of sp³-hybridized carbons (Fsp3) is 0.520. The summed E-state index contributed by atoms with van der Waals surface area (Å²) in [5.74, 6) is 0.253. The van der Waals surface area contributed by atoms with Crippen LogP contribution in [0, 0.1) is 5.92 Å². The fourth-order valence-electron chi connectivity index (χ4n) is 4.93. The Hall–Kier alpha value is -1.51. The Kier molecular flexibility index (Phi) is 9.34. The lowest BCUT2D eigenvalue weighted by Crippen LogP contribution is -2.45. The van der Waals surface area contributed by atoms with Crippen LogP contribution in [0.5, 0.6) is 5.75 Å². The maximum atomic E-state index is 13.9. The van der Waals surface area contributed by atoms with Crippen molar-refractivity contribution < 1.29 is 22.7 Å². The van der Waals surface area contributed by atoms with Crippen LogP contribution in [0.2, 0.25) is 9.36 Å². The highest BCUT2D eigenvalue weighted by molar-refractivity contribution is 7.91. The maximum absolute atomic E-state index is 13.9. The van der Waals surface area contributed by atoms with E-state index >= 15 is 0 Å². The summed E-state index contributed by atoms with van der Waals surface area (Å²) in [7, 11) is -2.05. The molecule has 0 aliphatic carbocycles. The van der Waals surface area contributed by atoms with Crippen molar-refractivity contribution in [1.29, 1.82) is 0 Å². The number of hydrogen-bond acceptors (Lipinski definition) is 9. The minimum Gasteiger partial charge on any atom is -0.494 e. The number of sulfonamides is 1. The second-order valence-corrected chi connectivity index (χ2v) is 14.7. The second-order valence-electron chi connectivity index (χ2n) is 9.46. The topological polar surface area (TPSA) is 92.3 Å². The predicted octanol–water partition coefficient (Wildman–Crippen LogP) is 4.83. The number of carbonyl (C=O) groups is 1. The van der Waals surface area contributed by atoms with Crippen LogP contribution >= 0.6 is 45.9 Å². The van der Waals surface area contributed by atoms with E-state index in [1.165, 1.54) is 21.7 Å². The van der Waals surface area contributed by atoms with Gasteiger partial charge in [0.25, 0.3) is 10.0 Å². The van der Waals surface area contributed by atoms with Crippen molar-refractivity contribution in [3.8, 4) is 5.75 Å². The molecule has 1 amide bonds. The SMILES string of the molecule is COc1ccc(Cl)c2sc(N(CCCN3CCOCC3)C(=O)C3CCN(S(=O)(=O)c4ccc(Cl)s4)CC3)nc12. The molecule has 39 heavy (non-hydrogen) atoms. The van der Waals surface area contributed by atoms with Crippen molar-refractivity contribution >= 4 is 77.2 Å². The molecule has 2 aromatic heterocycles. The summed E-state index contributed by atoms with van der Waals surface area (Å²) < 4.78 is 39.9. The Balaban J connectivity index is 1.33. The number of anilines is 1. The van der Waals surface area contributed by atoms with E-state index < -0.39 is 10.0 Å². The molecule has 0 N–H and O–H groups in total. The van der Waals surface area contributed by atoms with Gasteiger partial charge < -0.3 is 9.47 Å². The number of amides is 1. The number of morpholine rings is 1. The zero-order valence-electron chi connectivity index (χ0n) is 21.5. The molecule has 0 radical (unpaired) electrons. The van der Waals surface area contributed by atoms with E-state index in [9.17, 15) is 13.2 Å². The Labute approximate surface area is 246 Å². The number of halogens is 2. The third kappa shape index (κ3) is 6.38. The molecule has 2 saturated heterocycles. The fourth-order valence-corrected chi connectivity index (χ4v) is 9.32. The lowest BCUT2D eigenvalue weighted by molar-refractivity contribution is -0.123. The molecule has 9 nitrogen and oxygen atoms in total. The number of piperidine rings is 1. The van der Waals surface area contributed by atoms with Gasteiger partial charge in [0.2, 0.25) is 5.91 Å². The molecular weight excluding hydrogens is 603 g/mol. The highest BCUT2D eigenvalue weighted by atomic mass is 35.5. The van der Waals surface area contributed by atoms with E-state index in [-0.39, 0.29) is 29.1 Å². The molecule has 0 spiro atoms. The molecule has 1 aromatic carbocycles. The first-order valence-corrected chi connectivity index (χ1v) is 16.6. The van der Waals surface area contributed by atoms with Crippen LogP contribution in [0.1, 0.15) is 19.3 Å². The second kappa shape index (κ2) is 12.6. The zero-order chi connectivity index (χ0) is 27.6. The third-order valence-electron chi connectivity index (χ3n) is 7.07. The summed E-state index contributed by atoms with van der Waals surface area (Å²) in [4.78, 5) is 22.8. The number of thiophene rings is 1. The van der Waals surface area contributed by atoms with E-state index in [1.807, 2.05) is 0 Å². The van der Waals surface area contributed by atoms with E-state index in [0.29, 0.717) is 45.1 Å². The summed E-state index contributed by atoms with van der Waals surface area (Å²) >= 11 is 14.9. The van der Waals surface area contributed by atoms with Gasteiger partial charge in [-0.3, -0.25) is 14.6 Å².